The first-order chi connectivity index (χ1) is 28.7. The van der Waals surface area contributed by atoms with Crippen LogP contribution in [0.3, 0.4) is 0 Å². The Morgan fingerprint density at radius 3 is 1.76 bits per heavy atom. The first kappa shape index (κ1) is 34.3. The molecule has 0 N–H and O–H groups in total. The van der Waals surface area contributed by atoms with E-state index in [-0.39, 0.29) is 5.92 Å². The first-order valence-corrected chi connectivity index (χ1v) is 20.9. The molecule has 0 saturated heterocycles. The second-order valence-electron chi connectivity index (χ2n) is 15.4. The molecule has 0 bridgehead atoms. The van der Waals surface area contributed by atoms with Crippen LogP contribution in [0.5, 0.6) is 0 Å². The lowest BCUT2D eigenvalue weighted by atomic mass is 9.82. The molecule has 0 aliphatic heterocycles. The zero-order valence-corrected chi connectivity index (χ0v) is 33.0. The van der Waals surface area contributed by atoms with Gasteiger partial charge in [-0.25, -0.2) is 0 Å². The highest BCUT2D eigenvalue weighted by atomic mass is 32.1. The van der Waals surface area contributed by atoms with Gasteiger partial charge in [0.25, 0.3) is 0 Å². The van der Waals surface area contributed by atoms with Crippen LogP contribution in [0.25, 0.3) is 69.9 Å². The summed E-state index contributed by atoms with van der Waals surface area (Å²) < 4.78 is 5.11. The highest BCUT2D eigenvalue weighted by Gasteiger charge is 2.24. The van der Waals surface area contributed by atoms with Gasteiger partial charge in [0, 0.05) is 59.5 Å². The van der Waals surface area contributed by atoms with Crippen LogP contribution < -0.4 is 4.90 Å². The number of hydrogen-bond acceptors (Lipinski definition) is 2. The lowest BCUT2D eigenvalue weighted by Crippen LogP contribution is -2.20. The lowest BCUT2D eigenvalue weighted by Gasteiger charge is -2.32. The smallest absolute Gasteiger partial charge is 0.0541 e. The number of anilines is 2. The molecule has 2 aromatic heterocycles. The summed E-state index contributed by atoms with van der Waals surface area (Å²) in [7, 11) is 0. The Bertz CT molecular complexity index is 3130. The maximum Gasteiger partial charge on any atom is 0.0541 e. The Morgan fingerprint density at radius 1 is 0.483 bits per heavy atom. The standard InChI is InChI=1S/C55H40N2S/c1-37-35-44(32-33-45(37)41-27-34-55-50(36-41)49-18-8-12-22-54(49)58-55)56(42-28-23-39(24-29-42)38-13-3-2-4-14-38)43-30-25-40(26-31-43)46-15-5-9-19-51(46)57-52-20-10-6-16-47(52)48-17-7-11-21-53(48)57/h2-37,45H,1H3. The van der Waals surface area contributed by atoms with Gasteiger partial charge in [-0.2, -0.15) is 0 Å². The predicted octanol–water partition coefficient (Wildman–Crippen LogP) is 15.5. The van der Waals surface area contributed by atoms with E-state index in [1.165, 1.54) is 81.2 Å². The van der Waals surface area contributed by atoms with Gasteiger partial charge in [0.05, 0.1) is 16.7 Å². The summed E-state index contributed by atoms with van der Waals surface area (Å²) in [4.78, 5) is 2.41. The van der Waals surface area contributed by atoms with Gasteiger partial charge in [0.1, 0.15) is 0 Å². The zero-order valence-electron chi connectivity index (χ0n) is 32.2. The van der Waals surface area contributed by atoms with Crippen LogP contribution in [0.2, 0.25) is 0 Å². The maximum atomic E-state index is 2.46. The maximum absolute atomic E-state index is 2.46. The number of hydrogen-bond donors (Lipinski definition) is 0. The molecule has 2 unspecified atom stereocenters. The summed E-state index contributed by atoms with van der Waals surface area (Å²) in [5.74, 6) is 0.583. The summed E-state index contributed by atoms with van der Waals surface area (Å²) in [5, 5.41) is 5.23. The molecule has 2 nitrogen and oxygen atoms in total. The molecule has 1 aliphatic rings. The Morgan fingerprint density at radius 2 is 1.05 bits per heavy atom. The third kappa shape index (κ3) is 5.86. The SMILES string of the molecule is CC1C=C(N(c2ccc(-c3ccccc3)cc2)c2ccc(-c3ccccc3-n3c4ccccc4c4ccccc43)cc2)C=CC1c1ccc2sc3ccccc3c2c1. The largest absolute Gasteiger partial charge is 0.311 e. The van der Waals surface area contributed by atoms with Crippen molar-refractivity contribution in [2.24, 2.45) is 5.92 Å². The predicted molar refractivity (Wildman–Crippen MR) is 249 cm³/mol. The fourth-order valence-electron chi connectivity index (χ4n) is 9.09. The van der Waals surface area contributed by atoms with E-state index in [1.54, 1.807) is 0 Å². The number of rotatable bonds is 7. The van der Waals surface area contributed by atoms with E-state index in [0.717, 1.165) is 11.4 Å². The van der Waals surface area contributed by atoms with Crippen LogP contribution in [0.1, 0.15) is 18.4 Å². The van der Waals surface area contributed by atoms with Gasteiger partial charge in [0.15, 0.2) is 0 Å². The molecule has 11 rings (SSSR count). The monoisotopic (exact) mass is 760 g/mol. The molecular weight excluding hydrogens is 721 g/mol. The Hall–Kier alpha value is -6.94. The number of nitrogens with zero attached hydrogens (tertiary/aromatic N) is 2. The van der Waals surface area contributed by atoms with E-state index < -0.39 is 0 Å². The number of allylic oxidation sites excluding steroid dienone is 3. The van der Waals surface area contributed by atoms with Crippen molar-refractivity contribution in [3.8, 4) is 27.9 Å². The van der Waals surface area contributed by atoms with Crippen molar-refractivity contribution in [3.05, 3.63) is 224 Å². The number of fused-ring (bicyclic) bond motifs is 6. The Balaban J connectivity index is 0.978. The van der Waals surface area contributed by atoms with E-state index >= 15 is 0 Å². The molecule has 2 heterocycles. The summed E-state index contributed by atoms with van der Waals surface area (Å²) in [6.07, 6.45) is 7.20. The molecule has 2 atom stereocenters. The van der Waals surface area contributed by atoms with Gasteiger partial charge in [0.2, 0.25) is 0 Å². The highest BCUT2D eigenvalue weighted by molar-refractivity contribution is 7.25. The third-order valence-corrected chi connectivity index (χ3v) is 13.1. The third-order valence-electron chi connectivity index (χ3n) is 11.9. The fraction of sp³-hybridized carbons (Fsp3) is 0.0545. The molecule has 0 amide bonds. The molecular formula is C55H40N2S. The van der Waals surface area contributed by atoms with Crippen molar-refractivity contribution in [1.29, 1.82) is 0 Å². The van der Waals surface area contributed by atoms with Crippen LogP contribution in [-0.4, -0.2) is 4.57 Å². The molecule has 0 radical (unpaired) electrons. The zero-order chi connectivity index (χ0) is 38.6. The highest BCUT2D eigenvalue weighted by Crippen LogP contribution is 2.42. The molecule has 8 aromatic carbocycles. The molecule has 10 aromatic rings. The summed E-state index contributed by atoms with van der Waals surface area (Å²) in [6.45, 7) is 2.36. The minimum Gasteiger partial charge on any atom is -0.311 e. The van der Waals surface area contributed by atoms with Crippen LogP contribution in [0.4, 0.5) is 11.4 Å². The average Bonchev–Trinajstić information content (AvgIpc) is 3.83. The molecule has 3 heteroatoms. The molecule has 0 fully saturated rings. The molecule has 276 valence electrons. The quantitative estimate of drug-likeness (QED) is 0.157. The fourth-order valence-corrected chi connectivity index (χ4v) is 10.2. The Labute approximate surface area is 342 Å². The normalized spacial score (nSPS) is 15.4. The topological polar surface area (TPSA) is 8.17 Å². The number of benzene rings is 8. The van der Waals surface area contributed by atoms with Gasteiger partial charge in [-0.15, -0.1) is 11.3 Å². The van der Waals surface area contributed by atoms with Crippen LogP contribution in [0.15, 0.2) is 218 Å². The van der Waals surface area contributed by atoms with Crippen molar-refractivity contribution in [2.45, 2.75) is 12.8 Å². The molecule has 0 spiro atoms. The average molecular weight is 761 g/mol. The summed E-state index contributed by atoms with van der Waals surface area (Å²) in [6, 6.07) is 70.9. The van der Waals surface area contributed by atoms with Crippen molar-refractivity contribution < 1.29 is 0 Å². The van der Waals surface area contributed by atoms with E-state index in [4.69, 9.17) is 0 Å². The van der Waals surface area contributed by atoms with E-state index in [0.29, 0.717) is 5.92 Å². The van der Waals surface area contributed by atoms with Gasteiger partial charge in [-0.3, -0.25) is 0 Å². The number of aromatic nitrogens is 1. The summed E-state index contributed by atoms with van der Waals surface area (Å²) >= 11 is 1.88. The van der Waals surface area contributed by atoms with Gasteiger partial charge < -0.3 is 9.47 Å². The second kappa shape index (κ2) is 14.2. The van der Waals surface area contributed by atoms with Crippen LogP contribution >= 0.6 is 11.3 Å². The van der Waals surface area contributed by atoms with Crippen LogP contribution in [-0.2, 0) is 0 Å². The molecule has 1 aliphatic carbocycles. The van der Waals surface area contributed by atoms with Crippen LogP contribution in [0, 0.1) is 5.92 Å². The van der Waals surface area contributed by atoms with E-state index in [9.17, 15) is 0 Å². The van der Waals surface area contributed by atoms with Gasteiger partial charge in [-0.05, 0) is 94.9 Å². The summed E-state index contributed by atoms with van der Waals surface area (Å²) in [5.41, 5.74) is 13.2. The minimum absolute atomic E-state index is 0.286. The van der Waals surface area contributed by atoms with E-state index in [1.807, 2.05) is 11.3 Å². The molecule has 58 heavy (non-hydrogen) atoms. The van der Waals surface area contributed by atoms with Gasteiger partial charge >= 0.3 is 0 Å². The first-order valence-electron chi connectivity index (χ1n) is 20.1. The van der Waals surface area contributed by atoms with Crippen molar-refractivity contribution in [1.82, 2.24) is 4.57 Å². The van der Waals surface area contributed by atoms with E-state index in [2.05, 4.69) is 229 Å². The van der Waals surface area contributed by atoms with Crippen molar-refractivity contribution in [3.63, 3.8) is 0 Å². The lowest BCUT2D eigenvalue weighted by molar-refractivity contribution is 0.629. The molecule has 0 saturated carbocycles. The van der Waals surface area contributed by atoms with Crippen molar-refractivity contribution in [2.75, 3.05) is 4.90 Å². The Kier molecular flexibility index (Phi) is 8.41. The number of thiophene rings is 1. The van der Waals surface area contributed by atoms with Crippen molar-refractivity contribution >= 4 is 64.7 Å². The minimum atomic E-state index is 0.286. The van der Waals surface area contributed by atoms with Gasteiger partial charge in [-0.1, -0.05) is 153 Å². The second-order valence-corrected chi connectivity index (χ2v) is 16.5. The number of para-hydroxylation sites is 3.